The summed E-state index contributed by atoms with van der Waals surface area (Å²) in [6.07, 6.45) is 1.48. The first kappa shape index (κ1) is 11.6. The number of ether oxygens (including phenoxy) is 1. The molecule has 1 amide bonds. The lowest BCUT2D eigenvalue weighted by molar-refractivity contribution is -0.118. The van der Waals surface area contributed by atoms with Crippen molar-refractivity contribution in [1.82, 2.24) is 9.97 Å². The van der Waals surface area contributed by atoms with E-state index in [9.17, 15) is 4.79 Å². The molecule has 1 aromatic heterocycles. The summed E-state index contributed by atoms with van der Waals surface area (Å²) in [5, 5.41) is 2.77. The number of nitrogens with zero attached hydrogens (tertiary/aromatic N) is 2. The molecule has 6 heteroatoms. The van der Waals surface area contributed by atoms with E-state index in [0.717, 1.165) is 17.0 Å². The number of carbonyl (C=O) groups excluding carboxylic acids is 1. The molecule has 0 aliphatic carbocycles. The number of carbonyl (C=O) groups is 1. The summed E-state index contributed by atoms with van der Waals surface area (Å²) < 4.78 is 5.31. The molecule has 0 atom stereocenters. The van der Waals surface area contributed by atoms with Crippen LogP contribution in [0, 0.1) is 0 Å². The quantitative estimate of drug-likeness (QED) is 0.834. The Labute approximate surface area is 109 Å². The lowest BCUT2D eigenvalue weighted by atomic mass is 10.1. The Morgan fingerprint density at radius 1 is 1.32 bits per heavy atom. The Morgan fingerprint density at radius 3 is 3.05 bits per heavy atom. The van der Waals surface area contributed by atoms with E-state index in [0.29, 0.717) is 18.0 Å². The van der Waals surface area contributed by atoms with E-state index in [-0.39, 0.29) is 12.5 Å². The van der Waals surface area contributed by atoms with Crippen LogP contribution in [0.3, 0.4) is 0 Å². The minimum atomic E-state index is -0.157. The maximum Gasteiger partial charge on any atom is 0.262 e. The third-order valence-electron chi connectivity index (χ3n) is 2.84. The SMILES string of the molecule is NCc1cc(-c2ccc3c(c2)NC(=O)CO3)ncn1. The van der Waals surface area contributed by atoms with Gasteiger partial charge in [0, 0.05) is 12.1 Å². The van der Waals surface area contributed by atoms with Crippen LogP contribution in [0.1, 0.15) is 5.69 Å². The Morgan fingerprint density at radius 2 is 2.21 bits per heavy atom. The number of anilines is 1. The molecule has 0 unspecified atom stereocenters. The molecular weight excluding hydrogens is 244 g/mol. The van der Waals surface area contributed by atoms with Crippen molar-refractivity contribution >= 4 is 11.6 Å². The lowest BCUT2D eigenvalue weighted by Crippen LogP contribution is -2.25. The van der Waals surface area contributed by atoms with Crippen molar-refractivity contribution in [3.8, 4) is 17.0 Å². The highest BCUT2D eigenvalue weighted by Gasteiger charge is 2.16. The van der Waals surface area contributed by atoms with Gasteiger partial charge in [0.15, 0.2) is 6.61 Å². The van der Waals surface area contributed by atoms with E-state index in [2.05, 4.69) is 15.3 Å². The normalized spacial score (nSPS) is 13.4. The molecule has 3 rings (SSSR count). The predicted octanol–water partition coefficient (Wildman–Crippen LogP) is 0.933. The summed E-state index contributed by atoms with van der Waals surface area (Å²) in [6, 6.07) is 7.36. The number of aromatic nitrogens is 2. The van der Waals surface area contributed by atoms with Gasteiger partial charge in [-0.2, -0.15) is 0 Å². The van der Waals surface area contributed by atoms with Crippen molar-refractivity contribution in [3.05, 3.63) is 36.3 Å². The third-order valence-corrected chi connectivity index (χ3v) is 2.84. The van der Waals surface area contributed by atoms with Gasteiger partial charge in [-0.25, -0.2) is 9.97 Å². The van der Waals surface area contributed by atoms with Crippen LogP contribution in [0.25, 0.3) is 11.3 Å². The molecule has 2 heterocycles. The second kappa shape index (κ2) is 4.66. The lowest BCUT2D eigenvalue weighted by Gasteiger charge is -2.18. The number of amides is 1. The van der Waals surface area contributed by atoms with Crippen LogP contribution < -0.4 is 15.8 Å². The summed E-state index contributed by atoms with van der Waals surface area (Å²) in [4.78, 5) is 19.6. The predicted molar refractivity (Wildman–Crippen MR) is 69.5 cm³/mol. The van der Waals surface area contributed by atoms with Gasteiger partial charge in [0.05, 0.1) is 17.1 Å². The van der Waals surface area contributed by atoms with Crippen molar-refractivity contribution in [3.63, 3.8) is 0 Å². The van der Waals surface area contributed by atoms with Crippen LogP contribution in [-0.2, 0) is 11.3 Å². The highest BCUT2D eigenvalue weighted by Crippen LogP contribution is 2.31. The highest BCUT2D eigenvalue weighted by molar-refractivity contribution is 5.96. The van der Waals surface area contributed by atoms with Gasteiger partial charge in [-0.05, 0) is 24.3 Å². The monoisotopic (exact) mass is 256 g/mol. The van der Waals surface area contributed by atoms with Crippen LogP contribution in [-0.4, -0.2) is 22.5 Å². The molecule has 19 heavy (non-hydrogen) atoms. The summed E-state index contributed by atoms with van der Waals surface area (Å²) in [5.74, 6) is 0.506. The van der Waals surface area contributed by atoms with Crippen molar-refractivity contribution < 1.29 is 9.53 Å². The van der Waals surface area contributed by atoms with E-state index in [4.69, 9.17) is 10.5 Å². The second-order valence-electron chi connectivity index (χ2n) is 4.15. The number of benzene rings is 1. The Bertz CT molecular complexity index is 642. The van der Waals surface area contributed by atoms with Gasteiger partial charge in [0.1, 0.15) is 12.1 Å². The maximum atomic E-state index is 11.3. The second-order valence-corrected chi connectivity index (χ2v) is 4.15. The number of hydrogen-bond acceptors (Lipinski definition) is 5. The van der Waals surface area contributed by atoms with E-state index in [1.165, 1.54) is 6.33 Å². The zero-order chi connectivity index (χ0) is 13.2. The largest absolute Gasteiger partial charge is 0.482 e. The molecule has 0 spiro atoms. The first-order valence-corrected chi connectivity index (χ1v) is 5.84. The van der Waals surface area contributed by atoms with Crippen LogP contribution in [0.5, 0.6) is 5.75 Å². The molecule has 3 N–H and O–H groups in total. The minimum absolute atomic E-state index is 0.0528. The number of hydrogen-bond donors (Lipinski definition) is 2. The van der Waals surface area contributed by atoms with Crippen LogP contribution >= 0.6 is 0 Å². The average Bonchev–Trinajstić information content (AvgIpc) is 2.46. The Kier molecular flexibility index (Phi) is 2.85. The van der Waals surface area contributed by atoms with E-state index >= 15 is 0 Å². The van der Waals surface area contributed by atoms with Gasteiger partial charge in [-0.3, -0.25) is 4.79 Å². The Balaban J connectivity index is 2.01. The molecule has 0 radical (unpaired) electrons. The summed E-state index contributed by atoms with van der Waals surface area (Å²) in [6.45, 7) is 0.414. The van der Waals surface area contributed by atoms with Crippen LogP contribution in [0.15, 0.2) is 30.6 Å². The summed E-state index contributed by atoms with van der Waals surface area (Å²) in [5.41, 5.74) is 8.62. The number of fused-ring (bicyclic) bond motifs is 1. The zero-order valence-electron chi connectivity index (χ0n) is 10.1. The fraction of sp³-hybridized carbons (Fsp3) is 0.154. The molecule has 1 aliphatic heterocycles. The molecule has 96 valence electrons. The van der Waals surface area contributed by atoms with E-state index < -0.39 is 0 Å². The van der Waals surface area contributed by atoms with Gasteiger partial charge in [0.2, 0.25) is 0 Å². The zero-order valence-corrected chi connectivity index (χ0v) is 10.1. The first-order valence-electron chi connectivity index (χ1n) is 5.84. The Hall–Kier alpha value is -2.47. The third kappa shape index (κ3) is 2.25. The molecular formula is C13H12N4O2. The molecule has 1 aliphatic rings. The smallest absolute Gasteiger partial charge is 0.262 e. The van der Waals surface area contributed by atoms with E-state index in [1.54, 1.807) is 0 Å². The first-order chi connectivity index (χ1) is 9.26. The van der Waals surface area contributed by atoms with Crippen molar-refractivity contribution in [2.45, 2.75) is 6.54 Å². The molecule has 2 aromatic rings. The van der Waals surface area contributed by atoms with Crippen molar-refractivity contribution in [1.29, 1.82) is 0 Å². The van der Waals surface area contributed by atoms with Gasteiger partial charge >= 0.3 is 0 Å². The van der Waals surface area contributed by atoms with Crippen LogP contribution in [0.4, 0.5) is 5.69 Å². The number of rotatable bonds is 2. The van der Waals surface area contributed by atoms with Crippen molar-refractivity contribution in [2.75, 3.05) is 11.9 Å². The fourth-order valence-corrected chi connectivity index (χ4v) is 1.91. The molecule has 0 saturated heterocycles. The number of nitrogens with one attached hydrogen (secondary N) is 1. The maximum absolute atomic E-state index is 11.3. The molecule has 0 bridgehead atoms. The molecule has 0 fully saturated rings. The molecule has 1 aromatic carbocycles. The standard InChI is InChI=1S/C13H12N4O2/c14-5-9-4-10(16-7-15-9)8-1-2-12-11(3-8)17-13(18)6-19-12/h1-4,7H,5-6,14H2,(H,17,18). The summed E-state index contributed by atoms with van der Waals surface area (Å²) in [7, 11) is 0. The number of nitrogens with two attached hydrogens (primary N) is 1. The van der Waals surface area contributed by atoms with E-state index in [1.807, 2.05) is 24.3 Å². The van der Waals surface area contributed by atoms with Gasteiger partial charge in [-0.1, -0.05) is 0 Å². The van der Waals surface area contributed by atoms with Gasteiger partial charge in [0.25, 0.3) is 5.91 Å². The minimum Gasteiger partial charge on any atom is -0.482 e. The molecule has 0 saturated carbocycles. The van der Waals surface area contributed by atoms with Gasteiger partial charge in [-0.15, -0.1) is 0 Å². The fourth-order valence-electron chi connectivity index (χ4n) is 1.91. The summed E-state index contributed by atoms with van der Waals surface area (Å²) >= 11 is 0. The van der Waals surface area contributed by atoms with Crippen molar-refractivity contribution in [2.24, 2.45) is 5.73 Å². The van der Waals surface area contributed by atoms with Gasteiger partial charge < -0.3 is 15.8 Å². The van der Waals surface area contributed by atoms with Crippen LogP contribution in [0.2, 0.25) is 0 Å². The topological polar surface area (TPSA) is 90.1 Å². The average molecular weight is 256 g/mol. The molecule has 6 nitrogen and oxygen atoms in total. The highest BCUT2D eigenvalue weighted by atomic mass is 16.5.